The van der Waals surface area contributed by atoms with Crippen LogP contribution in [-0.4, -0.2) is 53.2 Å². The van der Waals surface area contributed by atoms with E-state index in [1.54, 1.807) is 37.4 Å². The lowest BCUT2D eigenvalue weighted by Gasteiger charge is -2.20. The van der Waals surface area contributed by atoms with E-state index in [9.17, 15) is 14.4 Å². The zero-order valence-electron chi connectivity index (χ0n) is 18.1. The van der Waals surface area contributed by atoms with Crippen molar-refractivity contribution >= 4 is 17.7 Å². The zero-order valence-corrected chi connectivity index (χ0v) is 18.1. The van der Waals surface area contributed by atoms with Gasteiger partial charge in [0, 0.05) is 37.3 Å². The summed E-state index contributed by atoms with van der Waals surface area (Å²) in [6, 6.07) is 5.25. The summed E-state index contributed by atoms with van der Waals surface area (Å²) in [6.07, 6.45) is 2.39. The Kier molecular flexibility index (Phi) is 6.20. The van der Waals surface area contributed by atoms with Crippen LogP contribution in [0.1, 0.15) is 55.9 Å². The van der Waals surface area contributed by atoms with Crippen LogP contribution in [0.2, 0.25) is 0 Å². The van der Waals surface area contributed by atoms with E-state index in [0.29, 0.717) is 24.1 Å². The number of ether oxygens (including phenoxy) is 1. The number of benzene rings is 1. The first-order valence-corrected chi connectivity index (χ1v) is 9.94. The van der Waals surface area contributed by atoms with Crippen LogP contribution in [0.15, 0.2) is 24.4 Å². The van der Waals surface area contributed by atoms with Crippen LogP contribution in [0.25, 0.3) is 0 Å². The fraction of sp³-hybridized carbons (Fsp3) is 0.391. The molecule has 2 heterocycles. The molecule has 1 aromatic heterocycles. The molecule has 2 aromatic rings. The molecule has 7 nitrogen and oxygen atoms in total. The molecule has 0 atom stereocenters. The van der Waals surface area contributed by atoms with Gasteiger partial charge in [-0.1, -0.05) is 11.6 Å². The van der Waals surface area contributed by atoms with E-state index < -0.39 is 0 Å². The van der Waals surface area contributed by atoms with Gasteiger partial charge in [0.15, 0.2) is 0 Å². The summed E-state index contributed by atoms with van der Waals surface area (Å²) in [5.41, 5.74) is 4.46. The average molecular weight is 409 g/mol. The minimum absolute atomic E-state index is 0.0665. The van der Waals surface area contributed by atoms with E-state index in [-0.39, 0.29) is 30.7 Å². The van der Waals surface area contributed by atoms with Gasteiger partial charge in [0.05, 0.1) is 30.5 Å². The second-order valence-corrected chi connectivity index (χ2v) is 7.71. The third-order valence-corrected chi connectivity index (χ3v) is 5.46. The number of rotatable bonds is 7. The molecule has 0 aliphatic carbocycles. The lowest BCUT2D eigenvalue weighted by atomic mass is 10.1. The number of methoxy groups -OCH3 is 1. The fourth-order valence-corrected chi connectivity index (χ4v) is 3.73. The summed E-state index contributed by atoms with van der Waals surface area (Å²) in [5.74, 6) is 0.137. The van der Waals surface area contributed by atoms with Crippen molar-refractivity contribution in [3.05, 3.63) is 57.9 Å². The molecule has 0 N–H and O–H groups in total. The van der Waals surface area contributed by atoms with Crippen molar-refractivity contribution in [2.75, 3.05) is 20.7 Å². The molecule has 0 saturated heterocycles. The molecule has 0 unspecified atom stereocenters. The van der Waals surface area contributed by atoms with Crippen LogP contribution in [0.5, 0.6) is 5.75 Å². The molecule has 1 aromatic carbocycles. The molecule has 0 bridgehead atoms. The highest BCUT2D eigenvalue weighted by Gasteiger charge is 2.35. The number of pyridine rings is 1. The number of fused-ring (bicyclic) bond motifs is 1. The predicted octanol–water partition coefficient (Wildman–Crippen LogP) is 3.05. The number of hydrogen-bond donors (Lipinski definition) is 0. The van der Waals surface area contributed by atoms with Crippen LogP contribution < -0.4 is 4.74 Å². The lowest BCUT2D eigenvalue weighted by molar-refractivity contribution is -0.130. The number of carbonyl (C=O) groups is 3. The van der Waals surface area contributed by atoms with Gasteiger partial charge in [-0.3, -0.25) is 24.3 Å². The molecular formula is C23H27N3O4. The normalized spacial score (nSPS) is 12.9. The second kappa shape index (κ2) is 8.65. The summed E-state index contributed by atoms with van der Waals surface area (Å²) < 4.78 is 5.42. The first-order chi connectivity index (χ1) is 14.2. The summed E-state index contributed by atoms with van der Waals surface area (Å²) in [5, 5.41) is 0. The quantitative estimate of drug-likeness (QED) is 0.657. The smallest absolute Gasteiger partial charge is 0.261 e. The molecule has 3 rings (SSSR count). The fourth-order valence-electron chi connectivity index (χ4n) is 3.73. The molecule has 30 heavy (non-hydrogen) atoms. The number of aryl methyl sites for hydroxylation is 2. The van der Waals surface area contributed by atoms with E-state index in [0.717, 1.165) is 28.1 Å². The Balaban J connectivity index is 1.56. The molecular weight excluding hydrogens is 382 g/mol. The maximum atomic E-state index is 12.6. The number of aromatic nitrogens is 1. The Morgan fingerprint density at radius 1 is 1.13 bits per heavy atom. The number of nitrogens with zero attached hydrogens (tertiary/aromatic N) is 3. The van der Waals surface area contributed by atoms with Gasteiger partial charge in [-0.15, -0.1) is 0 Å². The summed E-state index contributed by atoms with van der Waals surface area (Å²) >= 11 is 0. The second-order valence-electron chi connectivity index (χ2n) is 7.71. The van der Waals surface area contributed by atoms with Crippen molar-refractivity contribution in [3.8, 4) is 5.75 Å². The van der Waals surface area contributed by atoms with E-state index in [2.05, 4.69) is 4.98 Å². The summed E-state index contributed by atoms with van der Waals surface area (Å²) in [4.78, 5) is 44.8. The van der Waals surface area contributed by atoms with Crippen LogP contribution in [-0.2, 0) is 11.3 Å². The standard InChI is InChI=1S/C23H27N3O4/c1-14-8-9-17-18(11-14)23(29)26(22(17)28)10-6-7-20(27)25(4)13-19-16(3)21(30-5)15(2)12-24-19/h8-9,11-12H,6-7,10,13H2,1-5H3. The van der Waals surface area contributed by atoms with Crippen molar-refractivity contribution in [1.29, 1.82) is 0 Å². The third-order valence-electron chi connectivity index (χ3n) is 5.46. The molecule has 1 aliphatic heterocycles. The zero-order chi connectivity index (χ0) is 22.0. The Morgan fingerprint density at radius 2 is 1.83 bits per heavy atom. The maximum Gasteiger partial charge on any atom is 0.261 e. The highest BCUT2D eigenvalue weighted by Crippen LogP contribution is 2.25. The topological polar surface area (TPSA) is 79.8 Å². The minimum Gasteiger partial charge on any atom is -0.496 e. The average Bonchev–Trinajstić information content (AvgIpc) is 2.94. The monoisotopic (exact) mass is 409 g/mol. The molecule has 7 heteroatoms. The Hall–Kier alpha value is -3.22. The number of hydrogen-bond acceptors (Lipinski definition) is 5. The van der Waals surface area contributed by atoms with Gasteiger partial charge >= 0.3 is 0 Å². The highest BCUT2D eigenvalue weighted by molar-refractivity contribution is 6.21. The van der Waals surface area contributed by atoms with Gasteiger partial charge in [0.1, 0.15) is 5.75 Å². The van der Waals surface area contributed by atoms with Crippen molar-refractivity contribution in [2.45, 2.75) is 40.2 Å². The number of imide groups is 1. The van der Waals surface area contributed by atoms with Crippen LogP contribution in [0, 0.1) is 20.8 Å². The third kappa shape index (κ3) is 4.06. The first kappa shape index (κ1) is 21.5. The maximum absolute atomic E-state index is 12.6. The van der Waals surface area contributed by atoms with Crippen LogP contribution >= 0.6 is 0 Å². The SMILES string of the molecule is COc1c(C)cnc(CN(C)C(=O)CCCN2C(=O)c3ccc(C)cc3C2=O)c1C. The van der Waals surface area contributed by atoms with Crippen LogP contribution in [0.4, 0.5) is 0 Å². The predicted molar refractivity (Wildman–Crippen MR) is 113 cm³/mol. The Labute approximate surface area is 176 Å². The minimum atomic E-state index is -0.289. The molecule has 158 valence electrons. The largest absolute Gasteiger partial charge is 0.496 e. The highest BCUT2D eigenvalue weighted by atomic mass is 16.5. The van der Waals surface area contributed by atoms with Gasteiger partial charge in [-0.25, -0.2) is 0 Å². The summed E-state index contributed by atoms with van der Waals surface area (Å²) in [6.45, 7) is 6.33. The molecule has 0 radical (unpaired) electrons. The van der Waals surface area contributed by atoms with Gasteiger partial charge in [0.2, 0.25) is 5.91 Å². The Morgan fingerprint density at radius 3 is 2.53 bits per heavy atom. The summed E-state index contributed by atoms with van der Waals surface area (Å²) in [7, 11) is 3.34. The van der Waals surface area contributed by atoms with Crippen molar-refractivity contribution < 1.29 is 19.1 Å². The van der Waals surface area contributed by atoms with Crippen LogP contribution in [0.3, 0.4) is 0 Å². The molecule has 0 fully saturated rings. The van der Waals surface area contributed by atoms with E-state index in [1.165, 1.54) is 4.90 Å². The number of amides is 3. The van der Waals surface area contributed by atoms with E-state index in [4.69, 9.17) is 4.74 Å². The first-order valence-electron chi connectivity index (χ1n) is 9.94. The van der Waals surface area contributed by atoms with Gasteiger partial charge < -0.3 is 9.64 Å². The van der Waals surface area contributed by atoms with Gasteiger partial charge in [-0.05, 0) is 39.3 Å². The van der Waals surface area contributed by atoms with E-state index in [1.807, 2.05) is 26.8 Å². The van der Waals surface area contributed by atoms with Crippen molar-refractivity contribution in [1.82, 2.24) is 14.8 Å². The molecule has 1 aliphatic rings. The van der Waals surface area contributed by atoms with Gasteiger partial charge in [0.25, 0.3) is 11.8 Å². The molecule has 0 saturated carbocycles. The van der Waals surface area contributed by atoms with Crippen molar-refractivity contribution in [2.24, 2.45) is 0 Å². The van der Waals surface area contributed by atoms with Gasteiger partial charge in [-0.2, -0.15) is 0 Å². The molecule has 3 amide bonds. The lowest BCUT2D eigenvalue weighted by Crippen LogP contribution is -2.32. The number of carbonyl (C=O) groups excluding carboxylic acids is 3. The van der Waals surface area contributed by atoms with Crippen molar-refractivity contribution in [3.63, 3.8) is 0 Å². The Bertz CT molecular complexity index is 1020. The molecule has 0 spiro atoms. The van der Waals surface area contributed by atoms with E-state index >= 15 is 0 Å².